The number of aromatic nitrogens is 1. The van der Waals surface area contributed by atoms with Crippen molar-refractivity contribution in [2.24, 2.45) is 0 Å². The molecule has 1 fully saturated rings. The molecular weight excluding hydrogens is 470 g/mol. The van der Waals surface area contributed by atoms with Crippen LogP contribution >= 0.6 is 12.4 Å². The minimum Gasteiger partial charge on any atom is -0.368 e. The zero-order valence-corrected chi connectivity index (χ0v) is 22.1. The molecule has 36 heavy (non-hydrogen) atoms. The van der Waals surface area contributed by atoms with Crippen molar-refractivity contribution in [3.63, 3.8) is 0 Å². The summed E-state index contributed by atoms with van der Waals surface area (Å²) in [6, 6.07) is 22.4. The van der Waals surface area contributed by atoms with Crippen molar-refractivity contribution in [2.75, 3.05) is 44.2 Å². The van der Waals surface area contributed by atoms with E-state index in [0.717, 1.165) is 85.9 Å². The van der Waals surface area contributed by atoms with Crippen LogP contribution in [0.1, 0.15) is 41.4 Å². The van der Waals surface area contributed by atoms with Gasteiger partial charge in [0.2, 0.25) is 0 Å². The molecule has 1 aliphatic rings. The maximum absolute atomic E-state index is 13.0. The van der Waals surface area contributed by atoms with Gasteiger partial charge in [-0.2, -0.15) is 5.26 Å². The number of benzene rings is 2. The number of halogens is 1. The van der Waals surface area contributed by atoms with Gasteiger partial charge in [0.1, 0.15) is 6.07 Å². The Balaban J connectivity index is 0.00000361. The first kappa shape index (κ1) is 27.3. The lowest BCUT2D eigenvalue weighted by Crippen LogP contribution is -2.47. The molecule has 1 N–H and O–H groups in total. The highest BCUT2D eigenvalue weighted by Crippen LogP contribution is 2.26. The van der Waals surface area contributed by atoms with Crippen molar-refractivity contribution in [1.29, 1.82) is 5.26 Å². The summed E-state index contributed by atoms with van der Waals surface area (Å²) >= 11 is 0. The average Bonchev–Trinajstić information content (AvgIpc) is 3.23. The minimum absolute atomic E-state index is 0. The number of hydrogen-bond donors (Lipinski definition) is 1. The van der Waals surface area contributed by atoms with Crippen molar-refractivity contribution in [1.82, 2.24) is 14.8 Å². The smallest absolute Gasteiger partial charge is 0.253 e. The van der Waals surface area contributed by atoms with Crippen LogP contribution in [0.4, 0.5) is 5.69 Å². The predicted molar refractivity (Wildman–Crippen MR) is 149 cm³/mol. The molecular formula is C29H36ClN5O. The van der Waals surface area contributed by atoms with Gasteiger partial charge >= 0.3 is 0 Å². The molecule has 1 amide bonds. The molecule has 0 bridgehead atoms. The van der Waals surface area contributed by atoms with Crippen molar-refractivity contribution >= 4 is 24.0 Å². The van der Waals surface area contributed by atoms with Crippen LogP contribution in [0.25, 0.3) is 11.3 Å². The van der Waals surface area contributed by atoms with E-state index in [9.17, 15) is 10.1 Å². The van der Waals surface area contributed by atoms with Gasteiger partial charge in [0.25, 0.3) is 5.91 Å². The molecule has 0 atom stereocenters. The Hall–Kier alpha value is -3.27. The van der Waals surface area contributed by atoms with Gasteiger partial charge in [-0.15, -0.1) is 12.4 Å². The Kier molecular flexibility index (Phi) is 9.98. The lowest BCUT2D eigenvalue weighted by atomic mass is 10.1. The molecule has 1 saturated heterocycles. The maximum Gasteiger partial charge on any atom is 0.253 e. The quantitative estimate of drug-likeness (QED) is 0.410. The van der Waals surface area contributed by atoms with Crippen LogP contribution in [0.3, 0.4) is 0 Å². The van der Waals surface area contributed by atoms with Crippen LogP contribution < -0.4 is 10.2 Å². The van der Waals surface area contributed by atoms with Gasteiger partial charge in [-0.3, -0.25) is 9.69 Å². The Labute approximate surface area is 220 Å². The van der Waals surface area contributed by atoms with Crippen LogP contribution in [0.5, 0.6) is 0 Å². The number of anilines is 1. The summed E-state index contributed by atoms with van der Waals surface area (Å²) in [5, 5.41) is 12.5. The molecule has 4 rings (SSSR count). The summed E-state index contributed by atoms with van der Waals surface area (Å²) in [6.45, 7) is 10.5. The van der Waals surface area contributed by atoms with E-state index in [1.807, 2.05) is 55.5 Å². The standard InChI is InChI=1S/C29H35N5O.ClH/c1-3-15-34-23(2)26(21-28(34)24-10-5-4-6-11-24)29(35)31-14-9-16-32-17-19-33(20-18-32)27-13-8-7-12-25(27)22-30;/h4-8,10-13,21H,3,9,14-20H2,1-2H3,(H,31,35);1H. The number of carbonyl (C=O) groups is 1. The van der Waals surface area contributed by atoms with Gasteiger partial charge in [-0.05, 0) is 50.1 Å². The summed E-state index contributed by atoms with van der Waals surface area (Å²) in [5.41, 5.74) is 5.80. The van der Waals surface area contributed by atoms with Crippen LogP contribution in [0.2, 0.25) is 0 Å². The number of para-hydroxylation sites is 1. The average molecular weight is 506 g/mol. The molecule has 0 aliphatic carbocycles. The molecule has 1 aliphatic heterocycles. The molecule has 3 aromatic rings. The number of nitrogens with one attached hydrogen (secondary N) is 1. The van der Waals surface area contributed by atoms with Crippen molar-refractivity contribution in [3.8, 4) is 17.3 Å². The summed E-state index contributed by atoms with van der Waals surface area (Å²) in [6.07, 6.45) is 1.94. The zero-order valence-electron chi connectivity index (χ0n) is 21.2. The Morgan fingerprint density at radius 2 is 1.69 bits per heavy atom. The lowest BCUT2D eigenvalue weighted by Gasteiger charge is -2.36. The summed E-state index contributed by atoms with van der Waals surface area (Å²) in [7, 11) is 0. The second kappa shape index (κ2) is 13.2. The van der Waals surface area contributed by atoms with Gasteiger partial charge in [-0.1, -0.05) is 49.4 Å². The summed E-state index contributed by atoms with van der Waals surface area (Å²) in [5.74, 6) is 0.00691. The Morgan fingerprint density at radius 1 is 1.00 bits per heavy atom. The van der Waals surface area contributed by atoms with Gasteiger partial charge in [0.05, 0.1) is 16.8 Å². The fraction of sp³-hybridized carbons (Fsp3) is 0.379. The fourth-order valence-corrected chi connectivity index (χ4v) is 4.89. The minimum atomic E-state index is 0. The molecule has 2 heterocycles. The Bertz CT molecular complexity index is 1180. The molecule has 1 aromatic heterocycles. The van der Waals surface area contributed by atoms with Crippen molar-refractivity contribution < 1.29 is 4.79 Å². The van der Waals surface area contributed by atoms with E-state index in [4.69, 9.17) is 0 Å². The number of nitriles is 1. The van der Waals surface area contributed by atoms with E-state index < -0.39 is 0 Å². The number of carbonyl (C=O) groups excluding carboxylic acids is 1. The maximum atomic E-state index is 13.0. The predicted octanol–water partition coefficient (Wildman–Crippen LogP) is 5.11. The number of piperazine rings is 1. The third kappa shape index (κ3) is 6.29. The molecule has 7 heteroatoms. The molecule has 0 unspecified atom stereocenters. The number of rotatable bonds is 9. The topological polar surface area (TPSA) is 64.3 Å². The van der Waals surface area contributed by atoms with Gasteiger partial charge in [-0.25, -0.2) is 0 Å². The van der Waals surface area contributed by atoms with E-state index in [1.54, 1.807) is 0 Å². The van der Waals surface area contributed by atoms with Gasteiger partial charge < -0.3 is 14.8 Å². The molecule has 190 valence electrons. The van der Waals surface area contributed by atoms with Crippen LogP contribution in [0, 0.1) is 18.3 Å². The second-order valence-corrected chi connectivity index (χ2v) is 9.11. The molecule has 6 nitrogen and oxygen atoms in total. The largest absolute Gasteiger partial charge is 0.368 e. The SMILES string of the molecule is CCCn1c(-c2ccccc2)cc(C(=O)NCCCN2CCN(c3ccccc3C#N)CC2)c1C.Cl. The van der Waals surface area contributed by atoms with Crippen molar-refractivity contribution in [2.45, 2.75) is 33.2 Å². The summed E-state index contributed by atoms with van der Waals surface area (Å²) in [4.78, 5) is 17.7. The third-order valence-electron chi connectivity index (χ3n) is 6.80. The van der Waals surface area contributed by atoms with Gasteiger partial charge in [0.15, 0.2) is 0 Å². The van der Waals surface area contributed by atoms with Gasteiger partial charge in [0, 0.05) is 50.7 Å². The Morgan fingerprint density at radius 3 is 2.39 bits per heavy atom. The van der Waals surface area contributed by atoms with Crippen LogP contribution in [0.15, 0.2) is 60.7 Å². The van der Waals surface area contributed by atoms with E-state index >= 15 is 0 Å². The highest BCUT2D eigenvalue weighted by atomic mass is 35.5. The highest BCUT2D eigenvalue weighted by Gasteiger charge is 2.20. The van der Waals surface area contributed by atoms with E-state index in [0.29, 0.717) is 6.54 Å². The monoisotopic (exact) mass is 505 g/mol. The van der Waals surface area contributed by atoms with E-state index in [1.165, 1.54) is 0 Å². The van der Waals surface area contributed by atoms with Crippen LogP contribution in [-0.4, -0.2) is 54.6 Å². The molecule has 2 aromatic carbocycles. The summed E-state index contributed by atoms with van der Waals surface area (Å²) < 4.78 is 2.26. The normalized spacial score (nSPS) is 13.6. The number of nitrogens with zero attached hydrogens (tertiary/aromatic N) is 4. The van der Waals surface area contributed by atoms with Crippen LogP contribution in [-0.2, 0) is 6.54 Å². The van der Waals surface area contributed by atoms with E-state index in [2.05, 4.69) is 44.8 Å². The lowest BCUT2D eigenvalue weighted by molar-refractivity contribution is 0.0950. The fourth-order valence-electron chi connectivity index (χ4n) is 4.89. The molecule has 0 radical (unpaired) electrons. The first-order chi connectivity index (χ1) is 17.1. The number of amides is 1. The molecule has 0 saturated carbocycles. The highest BCUT2D eigenvalue weighted by molar-refractivity contribution is 5.97. The molecule has 0 spiro atoms. The van der Waals surface area contributed by atoms with E-state index in [-0.39, 0.29) is 18.3 Å². The first-order valence-corrected chi connectivity index (χ1v) is 12.6. The third-order valence-corrected chi connectivity index (χ3v) is 6.80. The van der Waals surface area contributed by atoms with Crippen molar-refractivity contribution in [3.05, 3.63) is 77.5 Å². The second-order valence-electron chi connectivity index (χ2n) is 9.11. The number of hydrogen-bond acceptors (Lipinski definition) is 4. The zero-order chi connectivity index (χ0) is 24.6. The first-order valence-electron chi connectivity index (χ1n) is 12.6.